The molecule has 2 aromatic rings. The largest absolute Gasteiger partial charge is 0.484 e. The van der Waals surface area contributed by atoms with Crippen LogP contribution in [0.2, 0.25) is 0 Å². The van der Waals surface area contributed by atoms with E-state index in [1.807, 2.05) is 36.1 Å². The standard InChI is InChI=1S/C17H21N3O3/c1-12-5-3-7-15(9-12)22-11-16(21)20-8-4-6-14(10-20)17-18-13(2)19-23-17/h3,5,7,9,14H,4,6,8,10-11H2,1-2H3/t14-/m1/s1. The lowest BCUT2D eigenvalue weighted by Crippen LogP contribution is -2.41. The fourth-order valence-electron chi connectivity index (χ4n) is 2.83. The van der Waals surface area contributed by atoms with Crippen molar-refractivity contribution in [1.29, 1.82) is 0 Å². The monoisotopic (exact) mass is 315 g/mol. The van der Waals surface area contributed by atoms with Gasteiger partial charge in [-0.05, 0) is 44.4 Å². The molecule has 1 amide bonds. The first-order chi connectivity index (χ1) is 11.1. The van der Waals surface area contributed by atoms with Gasteiger partial charge in [-0.2, -0.15) is 4.98 Å². The summed E-state index contributed by atoms with van der Waals surface area (Å²) in [7, 11) is 0. The Morgan fingerprint density at radius 1 is 1.43 bits per heavy atom. The van der Waals surface area contributed by atoms with Crippen LogP contribution in [-0.4, -0.2) is 40.6 Å². The zero-order valence-electron chi connectivity index (χ0n) is 13.5. The molecular formula is C17H21N3O3. The maximum absolute atomic E-state index is 12.4. The molecule has 6 heteroatoms. The van der Waals surface area contributed by atoms with Gasteiger partial charge in [0.2, 0.25) is 5.89 Å². The van der Waals surface area contributed by atoms with Crippen molar-refractivity contribution in [2.75, 3.05) is 19.7 Å². The van der Waals surface area contributed by atoms with Crippen molar-refractivity contribution in [1.82, 2.24) is 15.0 Å². The van der Waals surface area contributed by atoms with Crippen LogP contribution >= 0.6 is 0 Å². The van der Waals surface area contributed by atoms with Gasteiger partial charge in [-0.25, -0.2) is 0 Å². The smallest absolute Gasteiger partial charge is 0.260 e. The fourth-order valence-corrected chi connectivity index (χ4v) is 2.83. The van der Waals surface area contributed by atoms with Crippen LogP contribution in [0.5, 0.6) is 5.75 Å². The lowest BCUT2D eigenvalue weighted by atomic mass is 9.98. The Morgan fingerprint density at radius 3 is 3.04 bits per heavy atom. The van der Waals surface area contributed by atoms with Crippen LogP contribution in [0.4, 0.5) is 0 Å². The zero-order chi connectivity index (χ0) is 16.2. The molecule has 1 aliphatic rings. The van der Waals surface area contributed by atoms with E-state index in [-0.39, 0.29) is 18.4 Å². The summed E-state index contributed by atoms with van der Waals surface area (Å²) in [4.78, 5) is 18.5. The number of aryl methyl sites for hydroxylation is 2. The maximum atomic E-state index is 12.4. The number of nitrogens with zero attached hydrogens (tertiary/aromatic N) is 3. The molecular weight excluding hydrogens is 294 g/mol. The molecule has 3 rings (SSSR count). The lowest BCUT2D eigenvalue weighted by Gasteiger charge is -2.30. The van der Waals surface area contributed by atoms with E-state index in [0.717, 1.165) is 30.7 Å². The molecule has 122 valence electrons. The molecule has 0 unspecified atom stereocenters. The second-order valence-corrected chi connectivity index (χ2v) is 5.96. The SMILES string of the molecule is Cc1cccc(OCC(=O)N2CCC[C@@H](c3nc(C)no3)C2)c1. The Labute approximate surface area is 135 Å². The molecule has 0 saturated carbocycles. The fraction of sp³-hybridized carbons (Fsp3) is 0.471. The first-order valence-corrected chi connectivity index (χ1v) is 7.89. The number of benzene rings is 1. The molecule has 1 aliphatic heterocycles. The van der Waals surface area contributed by atoms with Crippen LogP contribution in [0, 0.1) is 13.8 Å². The van der Waals surface area contributed by atoms with E-state index < -0.39 is 0 Å². The highest BCUT2D eigenvalue weighted by atomic mass is 16.5. The van der Waals surface area contributed by atoms with Crippen LogP contribution in [0.3, 0.4) is 0 Å². The first kappa shape index (κ1) is 15.5. The number of amides is 1. The van der Waals surface area contributed by atoms with Gasteiger partial charge in [0.1, 0.15) is 5.75 Å². The lowest BCUT2D eigenvalue weighted by molar-refractivity contribution is -0.134. The number of rotatable bonds is 4. The third-order valence-electron chi connectivity index (χ3n) is 4.02. The van der Waals surface area contributed by atoms with E-state index in [1.165, 1.54) is 0 Å². The molecule has 1 aromatic heterocycles. The van der Waals surface area contributed by atoms with Crippen molar-refractivity contribution in [3.8, 4) is 5.75 Å². The molecule has 1 atom stereocenters. The maximum Gasteiger partial charge on any atom is 0.260 e. The van der Waals surface area contributed by atoms with Crippen molar-refractivity contribution in [3.63, 3.8) is 0 Å². The van der Waals surface area contributed by atoms with Gasteiger partial charge in [-0.1, -0.05) is 17.3 Å². The predicted octanol–water partition coefficient (Wildman–Crippen LogP) is 2.47. The van der Waals surface area contributed by atoms with E-state index in [1.54, 1.807) is 6.92 Å². The molecule has 6 nitrogen and oxygen atoms in total. The Morgan fingerprint density at radius 2 is 2.30 bits per heavy atom. The number of likely N-dealkylation sites (tertiary alicyclic amines) is 1. The number of ether oxygens (including phenoxy) is 1. The summed E-state index contributed by atoms with van der Waals surface area (Å²) in [5.41, 5.74) is 1.11. The van der Waals surface area contributed by atoms with Crippen molar-refractivity contribution in [2.45, 2.75) is 32.6 Å². The summed E-state index contributed by atoms with van der Waals surface area (Å²) < 4.78 is 10.8. The van der Waals surface area contributed by atoms with E-state index in [4.69, 9.17) is 9.26 Å². The first-order valence-electron chi connectivity index (χ1n) is 7.89. The Bertz CT molecular complexity index is 683. The van der Waals surface area contributed by atoms with E-state index in [2.05, 4.69) is 10.1 Å². The molecule has 2 heterocycles. The molecule has 1 fully saturated rings. The highest BCUT2D eigenvalue weighted by Crippen LogP contribution is 2.25. The third kappa shape index (κ3) is 3.88. The summed E-state index contributed by atoms with van der Waals surface area (Å²) in [5, 5.41) is 3.83. The van der Waals surface area contributed by atoms with E-state index in [0.29, 0.717) is 18.3 Å². The van der Waals surface area contributed by atoms with Gasteiger partial charge in [0.15, 0.2) is 12.4 Å². The topological polar surface area (TPSA) is 68.5 Å². The molecule has 1 saturated heterocycles. The number of aromatic nitrogens is 2. The molecule has 0 bridgehead atoms. The minimum Gasteiger partial charge on any atom is -0.484 e. The minimum absolute atomic E-state index is 0.00700. The van der Waals surface area contributed by atoms with Crippen molar-refractivity contribution in [2.24, 2.45) is 0 Å². The summed E-state index contributed by atoms with van der Waals surface area (Å²) in [6.07, 6.45) is 1.90. The Kier molecular flexibility index (Phi) is 4.60. The molecule has 23 heavy (non-hydrogen) atoms. The number of hydrogen-bond donors (Lipinski definition) is 0. The normalized spacial score (nSPS) is 18.0. The predicted molar refractivity (Wildman–Crippen MR) is 84.3 cm³/mol. The highest BCUT2D eigenvalue weighted by molar-refractivity contribution is 5.78. The van der Waals surface area contributed by atoms with Gasteiger partial charge in [0, 0.05) is 13.1 Å². The molecule has 0 spiro atoms. The minimum atomic E-state index is -0.00700. The Balaban J connectivity index is 1.56. The van der Waals surface area contributed by atoms with E-state index in [9.17, 15) is 4.79 Å². The van der Waals surface area contributed by atoms with Gasteiger partial charge in [0.05, 0.1) is 5.92 Å². The number of carbonyl (C=O) groups excluding carboxylic acids is 1. The van der Waals surface area contributed by atoms with Gasteiger partial charge >= 0.3 is 0 Å². The summed E-state index contributed by atoms with van der Waals surface area (Å²) in [6, 6.07) is 7.70. The van der Waals surface area contributed by atoms with Crippen LogP contribution in [0.25, 0.3) is 0 Å². The molecule has 0 radical (unpaired) electrons. The molecule has 0 N–H and O–H groups in total. The number of hydrogen-bond acceptors (Lipinski definition) is 5. The third-order valence-corrected chi connectivity index (χ3v) is 4.02. The van der Waals surface area contributed by atoms with Gasteiger partial charge in [-0.15, -0.1) is 0 Å². The summed E-state index contributed by atoms with van der Waals surface area (Å²) in [6.45, 7) is 5.21. The summed E-state index contributed by atoms with van der Waals surface area (Å²) in [5.74, 6) is 2.09. The molecule has 0 aliphatic carbocycles. The average Bonchev–Trinajstić information content (AvgIpc) is 2.99. The van der Waals surface area contributed by atoms with Crippen LogP contribution in [-0.2, 0) is 4.79 Å². The quantitative estimate of drug-likeness (QED) is 0.867. The van der Waals surface area contributed by atoms with Gasteiger partial charge < -0.3 is 14.2 Å². The van der Waals surface area contributed by atoms with E-state index >= 15 is 0 Å². The van der Waals surface area contributed by atoms with Crippen LogP contribution in [0.15, 0.2) is 28.8 Å². The molecule has 1 aromatic carbocycles. The number of carbonyl (C=O) groups is 1. The van der Waals surface area contributed by atoms with Crippen molar-refractivity contribution in [3.05, 3.63) is 41.5 Å². The second kappa shape index (κ2) is 6.81. The van der Waals surface area contributed by atoms with Crippen molar-refractivity contribution >= 4 is 5.91 Å². The van der Waals surface area contributed by atoms with Crippen LogP contribution in [0.1, 0.15) is 36.0 Å². The number of piperidine rings is 1. The van der Waals surface area contributed by atoms with Crippen molar-refractivity contribution < 1.29 is 14.1 Å². The highest BCUT2D eigenvalue weighted by Gasteiger charge is 2.28. The zero-order valence-corrected chi connectivity index (χ0v) is 13.5. The second-order valence-electron chi connectivity index (χ2n) is 5.96. The van der Waals surface area contributed by atoms with Gasteiger partial charge in [0.25, 0.3) is 5.91 Å². The average molecular weight is 315 g/mol. The summed E-state index contributed by atoms with van der Waals surface area (Å²) >= 11 is 0. The Hall–Kier alpha value is -2.37. The van der Waals surface area contributed by atoms with Gasteiger partial charge in [-0.3, -0.25) is 4.79 Å². The van der Waals surface area contributed by atoms with Crippen LogP contribution < -0.4 is 4.74 Å².